The summed E-state index contributed by atoms with van der Waals surface area (Å²) >= 11 is 3.00. The van der Waals surface area contributed by atoms with Gasteiger partial charge in [-0.3, -0.25) is 9.36 Å². The van der Waals surface area contributed by atoms with Gasteiger partial charge in [0.2, 0.25) is 0 Å². The van der Waals surface area contributed by atoms with Gasteiger partial charge in [-0.05, 0) is 36.1 Å². The number of rotatable bonds is 8. The summed E-state index contributed by atoms with van der Waals surface area (Å²) < 4.78 is 1.96. The second-order valence-electron chi connectivity index (χ2n) is 6.70. The van der Waals surface area contributed by atoms with E-state index >= 15 is 0 Å². The Morgan fingerprint density at radius 2 is 1.66 bits per heavy atom. The Kier molecular flexibility index (Phi) is 7.37. The number of benzene rings is 3. The van der Waals surface area contributed by atoms with Crippen molar-refractivity contribution in [2.75, 3.05) is 12.0 Å². The zero-order valence-corrected chi connectivity index (χ0v) is 19.0. The summed E-state index contributed by atoms with van der Waals surface area (Å²) in [4.78, 5) is 13.5. The van der Waals surface area contributed by atoms with E-state index in [0.717, 1.165) is 22.6 Å². The molecule has 6 nitrogen and oxygen atoms in total. The Morgan fingerprint density at radius 3 is 2.34 bits per heavy atom. The summed E-state index contributed by atoms with van der Waals surface area (Å²) in [6.45, 7) is 0. The molecule has 32 heavy (non-hydrogen) atoms. The van der Waals surface area contributed by atoms with Gasteiger partial charge in [0.05, 0.1) is 12.0 Å². The molecule has 1 aromatic heterocycles. The molecule has 0 atom stereocenters. The quantitative estimate of drug-likeness (QED) is 0.231. The molecular formula is C24H21N5OS2. The van der Waals surface area contributed by atoms with Gasteiger partial charge in [-0.1, -0.05) is 72.4 Å². The first-order valence-corrected chi connectivity index (χ1v) is 12.1. The van der Waals surface area contributed by atoms with Gasteiger partial charge in [0, 0.05) is 16.1 Å². The molecule has 0 aliphatic rings. The fourth-order valence-electron chi connectivity index (χ4n) is 2.98. The molecule has 0 bridgehead atoms. The molecule has 0 radical (unpaired) electrons. The first-order valence-electron chi connectivity index (χ1n) is 9.89. The number of carbonyl (C=O) groups excluding carboxylic acids is 1. The third kappa shape index (κ3) is 5.46. The minimum absolute atomic E-state index is 0.169. The fraction of sp³-hybridized carbons (Fsp3) is 0.0833. The van der Waals surface area contributed by atoms with E-state index in [1.807, 2.05) is 95.8 Å². The highest BCUT2D eigenvalue weighted by Crippen LogP contribution is 2.27. The van der Waals surface area contributed by atoms with E-state index in [9.17, 15) is 4.79 Å². The first-order chi connectivity index (χ1) is 15.7. The average Bonchev–Trinajstić information content (AvgIpc) is 3.28. The monoisotopic (exact) mass is 459 g/mol. The van der Waals surface area contributed by atoms with Crippen LogP contribution in [0.1, 0.15) is 5.56 Å². The van der Waals surface area contributed by atoms with E-state index in [1.165, 1.54) is 16.7 Å². The van der Waals surface area contributed by atoms with Crippen molar-refractivity contribution in [3.8, 4) is 17.1 Å². The Labute approximate surface area is 195 Å². The van der Waals surface area contributed by atoms with E-state index in [-0.39, 0.29) is 11.7 Å². The third-order valence-corrected chi connectivity index (χ3v) is 6.20. The second-order valence-corrected chi connectivity index (χ2v) is 8.52. The number of thioether (sulfide) groups is 2. The molecule has 1 N–H and O–H groups in total. The van der Waals surface area contributed by atoms with Crippen LogP contribution in [0.4, 0.5) is 0 Å². The largest absolute Gasteiger partial charge is 0.272 e. The molecule has 0 aliphatic carbocycles. The van der Waals surface area contributed by atoms with Crippen molar-refractivity contribution in [2.24, 2.45) is 5.10 Å². The topological polar surface area (TPSA) is 72.2 Å². The van der Waals surface area contributed by atoms with Gasteiger partial charge in [-0.25, -0.2) is 5.43 Å². The molecular weight excluding hydrogens is 438 g/mol. The average molecular weight is 460 g/mol. The van der Waals surface area contributed by atoms with E-state index < -0.39 is 0 Å². The smallest absolute Gasteiger partial charge is 0.250 e. The van der Waals surface area contributed by atoms with Crippen molar-refractivity contribution in [2.45, 2.75) is 10.1 Å². The van der Waals surface area contributed by atoms with Crippen LogP contribution in [0, 0.1) is 0 Å². The number of nitrogens with zero attached hydrogens (tertiary/aromatic N) is 4. The molecule has 0 fully saturated rings. The van der Waals surface area contributed by atoms with Gasteiger partial charge in [0.25, 0.3) is 5.91 Å². The number of hydrogen-bond donors (Lipinski definition) is 1. The molecule has 1 amide bonds. The molecule has 4 rings (SSSR count). The number of amides is 1. The molecule has 160 valence electrons. The van der Waals surface area contributed by atoms with E-state index in [4.69, 9.17) is 0 Å². The first kappa shape index (κ1) is 21.9. The summed E-state index contributed by atoms with van der Waals surface area (Å²) in [5, 5.41) is 13.4. The summed E-state index contributed by atoms with van der Waals surface area (Å²) in [7, 11) is 0. The third-order valence-electron chi connectivity index (χ3n) is 4.53. The van der Waals surface area contributed by atoms with E-state index in [1.54, 1.807) is 18.0 Å². The van der Waals surface area contributed by atoms with Crippen LogP contribution in [0.15, 0.2) is 100 Å². The molecule has 0 spiro atoms. The predicted octanol–water partition coefficient (Wildman–Crippen LogP) is 4.90. The van der Waals surface area contributed by atoms with Crippen LogP contribution in [0.5, 0.6) is 0 Å². The summed E-state index contributed by atoms with van der Waals surface area (Å²) in [6.07, 6.45) is 3.66. The van der Waals surface area contributed by atoms with Crippen LogP contribution in [0.3, 0.4) is 0 Å². The predicted molar refractivity (Wildman–Crippen MR) is 131 cm³/mol. The molecule has 3 aromatic carbocycles. The zero-order valence-electron chi connectivity index (χ0n) is 17.4. The van der Waals surface area contributed by atoms with Gasteiger partial charge in [0.15, 0.2) is 11.0 Å². The molecule has 1 heterocycles. The van der Waals surface area contributed by atoms with Crippen LogP contribution in [-0.4, -0.2) is 38.9 Å². The van der Waals surface area contributed by atoms with Gasteiger partial charge in [-0.15, -0.1) is 22.0 Å². The minimum atomic E-state index is -0.212. The number of aromatic nitrogens is 3. The summed E-state index contributed by atoms with van der Waals surface area (Å²) in [6, 6.07) is 27.7. The van der Waals surface area contributed by atoms with Crippen molar-refractivity contribution in [1.82, 2.24) is 20.2 Å². The highest BCUT2D eigenvalue weighted by Gasteiger charge is 2.16. The van der Waals surface area contributed by atoms with E-state index in [2.05, 4.69) is 20.7 Å². The second kappa shape index (κ2) is 10.8. The Balaban J connectivity index is 1.45. The lowest BCUT2D eigenvalue weighted by molar-refractivity contribution is -0.118. The van der Waals surface area contributed by atoms with Crippen LogP contribution in [0.25, 0.3) is 17.1 Å². The van der Waals surface area contributed by atoms with Crippen molar-refractivity contribution in [3.05, 3.63) is 90.5 Å². The van der Waals surface area contributed by atoms with Crippen LogP contribution >= 0.6 is 23.5 Å². The number of para-hydroxylation sites is 1. The van der Waals surface area contributed by atoms with Crippen molar-refractivity contribution in [1.29, 1.82) is 0 Å². The molecule has 0 saturated heterocycles. The standard InChI is InChI=1S/C24H21N5OS2/c1-31-21-14-12-18(13-15-21)16-25-26-22(30)17-32-24-28-27-23(19-8-4-2-5-9-19)29(24)20-10-6-3-7-11-20/h2-16H,17H2,1H3,(H,26,30). The molecule has 0 aliphatic heterocycles. The maximum atomic E-state index is 12.3. The molecule has 0 unspecified atom stereocenters. The van der Waals surface area contributed by atoms with Gasteiger partial charge < -0.3 is 0 Å². The van der Waals surface area contributed by atoms with Crippen LogP contribution < -0.4 is 5.43 Å². The minimum Gasteiger partial charge on any atom is -0.272 e. The zero-order chi connectivity index (χ0) is 22.2. The van der Waals surface area contributed by atoms with Crippen LogP contribution in [0.2, 0.25) is 0 Å². The normalized spacial score (nSPS) is 11.0. The maximum Gasteiger partial charge on any atom is 0.250 e. The molecule has 0 saturated carbocycles. The SMILES string of the molecule is CSc1ccc(C=NNC(=O)CSc2nnc(-c3ccccc3)n2-c2ccccc2)cc1. The highest BCUT2D eigenvalue weighted by molar-refractivity contribution is 7.99. The lowest BCUT2D eigenvalue weighted by Crippen LogP contribution is -2.20. The maximum absolute atomic E-state index is 12.3. The lowest BCUT2D eigenvalue weighted by atomic mass is 10.2. The number of nitrogens with one attached hydrogen (secondary N) is 1. The molecule has 8 heteroatoms. The van der Waals surface area contributed by atoms with Crippen LogP contribution in [-0.2, 0) is 4.79 Å². The number of hydrazone groups is 1. The molecule has 4 aromatic rings. The van der Waals surface area contributed by atoms with Gasteiger partial charge in [0.1, 0.15) is 0 Å². The fourth-order valence-corrected chi connectivity index (χ4v) is 4.13. The van der Waals surface area contributed by atoms with Crippen molar-refractivity contribution < 1.29 is 4.79 Å². The van der Waals surface area contributed by atoms with Crippen molar-refractivity contribution >= 4 is 35.6 Å². The Morgan fingerprint density at radius 1 is 0.969 bits per heavy atom. The summed E-state index contributed by atoms with van der Waals surface area (Å²) in [5.74, 6) is 0.685. The van der Waals surface area contributed by atoms with Gasteiger partial charge in [-0.2, -0.15) is 5.10 Å². The lowest BCUT2D eigenvalue weighted by Gasteiger charge is -2.10. The summed E-state index contributed by atoms with van der Waals surface area (Å²) in [5.41, 5.74) is 5.39. The number of hydrogen-bond acceptors (Lipinski definition) is 6. The Hall–Kier alpha value is -3.36. The number of carbonyl (C=O) groups is 1. The van der Waals surface area contributed by atoms with E-state index in [0.29, 0.717) is 5.16 Å². The van der Waals surface area contributed by atoms with Gasteiger partial charge >= 0.3 is 0 Å². The van der Waals surface area contributed by atoms with Crippen molar-refractivity contribution in [3.63, 3.8) is 0 Å². The highest BCUT2D eigenvalue weighted by atomic mass is 32.2. The Bertz CT molecular complexity index is 1190.